The van der Waals surface area contributed by atoms with Crippen LogP contribution in [-0.4, -0.2) is 14.5 Å². The van der Waals surface area contributed by atoms with E-state index < -0.39 is 0 Å². The van der Waals surface area contributed by atoms with Gasteiger partial charge in [0, 0.05) is 33.2 Å². The van der Waals surface area contributed by atoms with Gasteiger partial charge in [-0.25, -0.2) is 9.97 Å². The molecule has 2 heterocycles. The van der Waals surface area contributed by atoms with Crippen molar-refractivity contribution in [3.63, 3.8) is 0 Å². The fourth-order valence-corrected chi connectivity index (χ4v) is 7.20. The van der Waals surface area contributed by atoms with Crippen molar-refractivity contribution in [2.24, 2.45) is 0 Å². The van der Waals surface area contributed by atoms with Crippen molar-refractivity contribution >= 4 is 27.4 Å². The first-order valence-corrected chi connectivity index (χ1v) is 18.6. The maximum atomic E-state index is 5.17. The number of hydrogen-bond acceptors (Lipinski definition) is 2. The maximum absolute atomic E-state index is 5.17. The van der Waals surface area contributed by atoms with Crippen LogP contribution in [0.4, 0.5) is 0 Å². The molecule has 3 nitrogen and oxygen atoms in total. The molecule has 0 saturated heterocycles. The van der Waals surface area contributed by atoms with Crippen molar-refractivity contribution in [2.75, 3.05) is 0 Å². The number of allylic oxidation sites excluding steroid dienone is 5. The van der Waals surface area contributed by atoms with E-state index in [4.69, 9.17) is 9.97 Å². The van der Waals surface area contributed by atoms with Crippen LogP contribution < -0.4 is 0 Å². The van der Waals surface area contributed by atoms with Gasteiger partial charge >= 0.3 is 0 Å². The summed E-state index contributed by atoms with van der Waals surface area (Å²) in [6.45, 7) is 12.7. The Labute approximate surface area is 318 Å². The first-order chi connectivity index (χ1) is 26.3. The van der Waals surface area contributed by atoms with Crippen molar-refractivity contribution in [3.05, 3.63) is 194 Å². The molecule has 0 fully saturated rings. The second-order valence-electron chi connectivity index (χ2n) is 14.7. The molecule has 0 saturated carbocycles. The smallest absolute Gasteiger partial charge is 0.160 e. The first-order valence-electron chi connectivity index (χ1n) is 18.6. The lowest BCUT2D eigenvalue weighted by Gasteiger charge is -2.19. The van der Waals surface area contributed by atoms with E-state index in [1.807, 2.05) is 31.2 Å². The summed E-state index contributed by atoms with van der Waals surface area (Å²) in [4.78, 5) is 10.3. The number of nitrogens with zero attached hydrogens (tertiary/aromatic N) is 3. The van der Waals surface area contributed by atoms with Crippen LogP contribution in [0.2, 0.25) is 0 Å². The highest BCUT2D eigenvalue weighted by atomic mass is 15.0. The Morgan fingerprint density at radius 1 is 0.574 bits per heavy atom. The Kier molecular flexibility index (Phi) is 9.23. The van der Waals surface area contributed by atoms with Crippen LogP contribution in [0.1, 0.15) is 38.8 Å². The molecule has 262 valence electrons. The average Bonchev–Trinajstić information content (AvgIpc) is 3.54. The minimum Gasteiger partial charge on any atom is -0.309 e. The van der Waals surface area contributed by atoms with E-state index in [0.717, 1.165) is 50.5 Å². The molecular weight excluding hydrogens is 655 g/mol. The molecule has 2 aromatic heterocycles. The van der Waals surface area contributed by atoms with Crippen LogP contribution in [-0.2, 0) is 5.41 Å². The summed E-state index contributed by atoms with van der Waals surface area (Å²) >= 11 is 0. The number of benzene rings is 6. The molecule has 0 spiro atoms. The van der Waals surface area contributed by atoms with Crippen molar-refractivity contribution < 1.29 is 0 Å². The van der Waals surface area contributed by atoms with Crippen molar-refractivity contribution in [3.8, 4) is 50.7 Å². The molecule has 0 N–H and O–H groups in total. The molecule has 0 unspecified atom stereocenters. The van der Waals surface area contributed by atoms with Crippen LogP contribution in [0.5, 0.6) is 0 Å². The lowest BCUT2D eigenvalue weighted by Crippen LogP contribution is -2.10. The van der Waals surface area contributed by atoms with Crippen molar-refractivity contribution in [2.45, 2.75) is 33.1 Å². The van der Waals surface area contributed by atoms with Gasteiger partial charge in [-0.3, -0.25) is 0 Å². The minimum absolute atomic E-state index is 0.0676. The third-order valence-electron chi connectivity index (χ3n) is 10.1. The van der Waals surface area contributed by atoms with Crippen LogP contribution in [0.15, 0.2) is 183 Å². The van der Waals surface area contributed by atoms with Crippen molar-refractivity contribution in [1.82, 2.24) is 14.5 Å². The quantitative estimate of drug-likeness (QED) is 0.148. The average molecular weight is 698 g/mol. The molecule has 0 atom stereocenters. The van der Waals surface area contributed by atoms with E-state index in [1.54, 1.807) is 0 Å². The standard InChI is InChI=1S/C51H43N3/c1-6-13-35(14-7-2)37-19-23-39(24-20-37)46-34-47(53-50(52-46)41-25-21-38(22-26-41)36-15-9-8-10-16-36)40-27-30-43(31-28-40)54-48-18-12-11-17-44(48)45-33-42(51(3,4)5)29-32-49(45)54/h6-34H,1H2,2-5H3/b14-7-,35-13+. The van der Waals surface area contributed by atoms with Gasteiger partial charge in [0.25, 0.3) is 0 Å². The van der Waals surface area contributed by atoms with Gasteiger partial charge < -0.3 is 4.57 Å². The fourth-order valence-electron chi connectivity index (χ4n) is 7.20. The highest BCUT2D eigenvalue weighted by Gasteiger charge is 2.18. The van der Waals surface area contributed by atoms with Crippen LogP contribution in [0, 0.1) is 0 Å². The summed E-state index contributed by atoms with van der Waals surface area (Å²) in [5, 5.41) is 2.53. The van der Waals surface area contributed by atoms with E-state index in [-0.39, 0.29) is 5.41 Å². The molecule has 8 rings (SSSR count). The number of para-hydroxylation sites is 1. The first kappa shape index (κ1) is 34.5. The third kappa shape index (κ3) is 6.73. The molecular formula is C51H43N3. The molecule has 0 amide bonds. The second-order valence-corrected chi connectivity index (χ2v) is 14.7. The Hall–Kier alpha value is -6.58. The zero-order chi connectivity index (χ0) is 37.2. The van der Waals surface area contributed by atoms with E-state index in [1.165, 1.54) is 32.9 Å². The van der Waals surface area contributed by atoms with Crippen molar-refractivity contribution in [1.29, 1.82) is 0 Å². The monoisotopic (exact) mass is 697 g/mol. The summed E-state index contributed by atoms with van der Waals surface area (Å²) in [5.74, 6) is 0.688. The zero-order valence-corrected chi connectivity index (χ0v) is 31.3. The van der Waals surface area contributed by atoms with Crippen LogP contribution in [0.25, 0.3) is 78.1 Å². The molecule has 0 bridgehead atoms. The Morgan fingerprint density at radius 2 is 1.15 bits per heavy atom. The molecule has 54 heavy (non-hydrogen) atoms. The highest BCUT2D eigenvalue weighted by Crippen LogP contribution is 2.36. The molecule has 6 aromatic carbocycles. The van der Waals surface area contributed by atoms with Crippen LogP contribution >= 0.6 is 0 Å². The zero-order valence-electron chi connectivity index (χ0n) is 31.3. The summed E-state index contributed by atoms with van der Waals surface area (Å²) in [6, 6.07) is 54.0. The van der Waals surface area contributed by atoms with Crippen LogP contribution in [0.3, 0.4) is 0 Å². The van der Waals surface area contributed by atoms with Gasteiger partial charge in [-0.1, -0.05) is 167 Å². The molecule has 0 aliphatic carbocycles. The van der Waals surface area contributed by atoms with Gasteiger partial charge in [0.1, 0.15) is 0 Å². The summed E-state index contributed by atoms with van der Waals surface area (Å²) < 4.78 is 2.37. The number of aromatic nitrogens is 3. The number of hydrogen-bond donors (Lipinski definition) is 0. The molecule has 8 aromatic rings. The van der Waals surface area contributed by atoms with Gasteiger partial charge in [-0.2, -0.15) is 0 Å². The normalized spacial score (nSPS) is 12.2. The van der Waals surface area contributed by atoms with E-state index in [9.17, 15) is 0 Å². The summed E-state index contributed by atoms with van der Waals surface area (Å²) in [7, 11) is 0. The Morgan fingerprint density at radius 3 is 1.80 bits per heavy atom. The largest absolute Gasteiger partial charge is 0.309 e. The molecule has 0 aliphatic rings. The van der Waals surface area contributed by atoms with E-state index in [0.29, 0.717) is 5.82 Å². The predicted molar refractivity (Wildman–Crippen MR) is 230 cm³/mol. The maximum Gasteiger partial charge on any atom is 0.160 e. The number of rotatable bonds is 8. The third-order valence-corrected chi connectivity index (χ3v) is 10.1. The lowest BCUT2D eigenvalue weighted by atomic mass is 9.86. The Balaban J connectivity index is 1.22. The van der Waals surface area contributed by atoms with E-state index >= 15 is 0 Å². The SMILES string of the molecule is C=C/C=C(\C=C/C)c1ccc(-c2cc(-c3ccc(-n4c5ccccc5c5cc(C(C)(C)C)ccc54)cc3)nc(-c3ccc(-c4ccccc4)cc3)n2)cc1. The summed E-state index contributed by atoms with van der Waals surface area (Å²) in [5.41, 5.74) is 14.2. The van der Waals surface area contributed by atoms with Gasteiger partial charge in [0.05, 0.1) is 22.4 Å². The molecule has 0 aliphatic heterocycles. The topological polar surface area (TPSA) is 30.7 Å². The fraction of sp³-hybridized carbons (Fsp3) is 0.0980. The number of fused-ring (bicyclic) bond motifs is 3. The van der Waals surface area contributed by atoms with Gasteiger partial charge in [0.2, 0.25) is 0 Å². The lowest BCUT2D eigenvalue weighted by molar-refractivity contribution is 0.591. The van der Waals surface area contributed by atoms with Gasteiger partial charge in [-0.15, -0.1) is 0 Å². The Bertz CT molecular complexity index is 2670. The predicted octanol–water partition coefficient (Wildman–Crippen LogP) is 13.7. The summed E-state index contributed by atoms with van der Waals surface area (Å²) in [6.07, 6.45) is 8.00. The molecule has 0 radical (unpaired) electrons. The minimum atomic E-state index is 0.0676. The highest BCUT2D eigenvalue weighted by molar-refractivity contribution is 6.09. The van der Waals surface area contributed by atoms with E-state index in [2.05, 4.69) is 184 Å². The van der Waals surface area contributed by atoms with Gasteiger partial charge in [-0.05, 0) is 76.6 Å². The van der Waals surface area contributed by atoms with Gasteiger partial charge in [0.15, 0.2) is 5.82 Å². The molecule has 3 heteroatoms. The second kappa shape index (κ2) is 14.4.